The highest BCUT2D eigenvalue weighted by Crippen LogP contribution is 2.44. The Hall–Kier alpha value is -1.08. The molecule has 2 fully saturated rings. The quantitative estimate of drug-likeness (QED) is 0.461. The normalized spacial score (nSPS) is 18.8. The minimum Gasteiger partial charge on any atom is -0.381 e. The SMILES string of the molecule is N#CC1(C(=O)NCCCCCCCCCCOCC2CCCC2)CC1. The largest absolute Gasteiger partial charge is 0.381 e. The lowest BCUT2D eigenvalue weighted by Gasteiger charge is -2.09. The minimum atomic E-state index is -0.666. The van der Waals surface area contributed by atoms with Gasteiger partial charge in [0, 0.05) is 19.8 Å². The van der Waals surface area contributed by atoms with Crippen molar-refractivity contribution in [1.29, 1.82) is 5.26 Å². The number of ether oxygens (including phenoxy) is 1. The Labute approximate surface area is 153 Å². The van der Waals surface area contributed by atoms with Gasteiger partial charge in [0.05, 0.1) is 6.07 Å². The summed E-state index contributed by atoms with van der Waals surface area (Å²) >= 11 is 0. The molecular weight excluding hydrogens is 312 g/mol. The molecule has 1 N–H and O–H groups in total. The van der Waals surface area contributed by atoms with Crippen LogP contribution >= 0.6 is 0 Å². The van der Waals surface area contributed by atoms with Crippen molar-refractivity contribution in [3.63, 3.8) is 0 Å². The zero-order chi connectivity index (χ0) is 17.8. The molecule has 0 radical (unpaired) electrons. The second kappa shape index (κ2) is 11.5. The lowest BCUT2D eigenvalue weighted by molar-refractivity contribution is -0.124. The fourth-order valence-corrected chi connectivity index (χ4v) is 3.70. The van der Waals surface area contributed by atoms with Crippen molar-refractivity contribution in [2.75, 3.05) is 19.8 Å². The van der Waals surface area contributed by atoms with Crippen molar-refractivity contribution in [3.8, 4) is 6.07 Å². The lowest BCUT2D eigenvalue weighted by Crippen LogP contribution is -2.31. The fourth-order valence-electron chi connectivity index (χ4n) is 3.70. The number of nitrogens with one attached hydrogen (secondary N) is 1. The molecule has 0 heterocycles. The van der Waals surface area contributed by atoms with Gasteiger partial charge in [-0.15, -0.1) is 0 Å². The first-order chi connectivity index (χ1) is 12.3. The van der Waals surface area contributed by atoms with E-state index >= 15 is 0 Å². The third kappa shape index (κ3) is 7.77. The summed E-state index contributed by atoms with van der Waals surface area (Å²) in [5.41, 5.74) is -0.666. The zero-order valence-electron chi connectivity index (χ0n) is 15.9. The van der Waals surface area contributed by atoms with Gasteiger partial charge in [0.1, 0.15) is 5.41 Å². The summed E-state index contributed by atoms with van der Waals surface area (Å²) < 4.78 is 5.79. The van der Waals surface area contributed by atoms with Crippen LogP contribution in [0.4, 0.5) is 0 Å². The molecule has 2 saturated carbocycles. The van der Waals surface area contributed by atoms with Crippen molar-refractivity contribution in [1.82, 2.24) is 5.32 Å². The summed E-state index contributed by atoms with van der Waals surface area (Å²) in [5.74, 6) is 0.796. The van der Waals surface area contributed by atoms with E-state index in [0.717, 1.165) is 44.9 Å². The van der Waals surface area contributed by atoms with Crippen LogP contribution in [0.5, 0.6) is 0 Å². The first-order valence-electron chi connectivity index (χ1n) is 10.5. The molecule has 0 spiro atoms. The summed E-state index contributed by atoms with van der Waals surface area (Å²) in [5, 5.41) is 11.9. The number of carbonyl (C=O) groups is 1. The summed E-state index contributed by atoms with van der Waals surface area (Å²) in [6, 6.07) is 2.14. The molecule has 2 rings (SSSR count). The van der Waals surface area contributed by atoms with Crippen molar-refractivity contribution in [3.05, 3.63) is 0 Å². The number of carbonyl (C=O) groups excluding carboxylic acids is 1. The van der Waals surface area contributed by atoms with Gasteiger partial charge >= 0.3 is 0 Å². The van der Waals surface area contributed by atoms with E-state index in [-0.39, 0.29) is 5.91 Å². The molecule has 0 saturated heterocycles. The Morgan fingerprint density at radius 1 is 1.00 bits per heavy atom. The van der Waals surface area contributed by atoms with Crippen molar-refractivity contribution < 1.29 is 9.53 Å². The third-order valence-corrected chi connectivity index (χ3v) is 5.73. The van der Waals surface area contributed by atoms with Crippen LogP contribution in [-0.4, -0.2) is 25.7 Å². The van der Waals surface area contributed by atoms with E-state index in [4.69, 9.17) is 10.00 Å². The summed E-state index contributed by atoms with van der Waals surface area (Å²) in [6.07, 6.45) is 16.9. The van der Waals surface area contributed by atoms with Gasteiger partial charge in [-0.2, -0.15) is 5.26 Å². The predicted molar refractivity (Wildman–Crippen MR) is 100 cm³/mol. The first kappa shape index (κ1) is 20.2. The van der Waals surface area contributed by atoms with E-state index in [1.165, 1.54) is 70.6 Å². The molecule has 2 aliphatic rings. The Morgan fingerprint density at radius 3 is 2.20 bits per heavy atom. The highest BCUT2D eigenvalue weighted by molar-refractivity contribution is 5.88. The van der Waals surface area contributed by atoms with Crippen LogP contribution in [-0.2, 0) is 9.53 Å². The van der Waals surface area contributed by atoms with Crippen LogP contribution in [0.15, 0.2) is 0 Å². The van der Waals surface area contributed by atoms with Crippen LogP contribution in [0.2, 0.25) is 0 Å². The van der Waals surface area contributed by atoms with E-state index in [1.807, 2.05) is 0 Å². The van der Waals surface area contributed by atoms with Gasteiger partial charge in [-0.1, -0.05) is 51.4 Å². The molecule has 25 heavy (non-hydrogen) atoms. The van der Waals surface area contributed by atoms with Crippen LogP contribution in [0, 0.1) is 22.7 Å². The van der Waals surface area contributed by atoms with E-state index in [0.29, 0.717) is 0 Å². The Kier molecular flexibility index (Phi) is 9.32. The average molecular weight is 349 g/mol. The van der Waals surface area contributed by atoms with Crippen molar-refractivity contribution >= 4 is 5.91 Å². The lowest BCUT2D eigenvalue weighted by atomic mass is 10.1. The van der Waals surface area contributed by atoms with E-state index in [2.05, 4.69) is 11.4 Å². The van der Waals surface area contributed by atoms with Gasteiger partial charge in [0.2, 0.25) is 5.91 Å². The number of amides is 1. The van der Waals surface area contributed by atoms with Gasteiger partial charge in [0.15, 0.2) is 0 Å². The maximum absolute atomic E-state index is 11.8. The molecular formula is C21H36N2O2. The number of unbranched alkanes of at least 4 members (excludes halogenated alkanes) is 7. The van der Waals surface area contributed by atoms with Gasteiger partial charge in [-0.05, 0) is 44.4 Å². The molecule has 0 atom stereocenters. The van der Waals surface area contributed by atoms with Crippen molar-refractivity contribution in [2.45, 2.75) is 89.9 Å². The molecule has 0 bridgehead atoms. The number of nitrogens with zero attached hydrogens (tertiary/aromatic N) is 1. The fraction of sp³-hybridized carbons (Fsp3) is 0.905. The summed E-state index contributed by atoms with van der Waals surface area (Å²) in [7, 11) is 0. The molecule has 0 aromatic heterocycles. The van der Waals surface area contributed by atoms with E-state index < -0.39 is 5.41 Å². The molecule has 0 aliphatic heterocycles. The maximum atomic E-state index is 11.8. The maximum Gasteiger partial charge on any atom is 0.240 e. The number of rotatable bonds is 14. The Morgan fingerprint density at radius 2 is 1.60 bits per heavy atom. The predicted octanol–water partition coefficient (Wildman–Crippen LogP) is 4.73. The highest BCUT2D eigenvalue weighted by Gasteiger charge is 2.50. The molecule has 1 amide bonds. The monoisotopic (exact) mass is 348 g/mol. The van der Waals surface area contributed by atoms with E-state index in [9.17, 15) is 4.79 Å². The van der Waals surface area contributed by atoms with Crippen LogP contribution in [0.3, 0.4) is 0 Å². The second-order valence-electron chi connectivity index (χ2n) is 8.00. The van der Waals surface area contributed by atoms with E-state index in [1.54, 1.807) is 0 Å². The van der Waals surface area contributed by atoms with Crippen LogP contribution < -0.4 is 5.32 Å². The van der Waals surface area contributed by atoms with Crippen molar-refractivity contribution in [2.24, 2.45) is 11.3 Å². The second-order valence-corrected chi connectivity index (χ2v) is 8.00. The Balaban J connectivity index is 1.27. The smallest absolute Gasteiger partial charge is 0.240 e. The molecule has 2 aliphatic carbocycles. The van der Waals surface area contributed by atoms with Gasteiger partial charge in [0.25, 0.3) is 0 Å². The van der Waals surface area contributed by atoms with Gasteiger partial charge < -0.3 is 10.1 Å². The summed E-state index contributed by atoms with van der Waals surface area (Å²) in [6.45, 7) is 2.66. The highest BCUT2D eigenvalue weighted by atomic mass is 16.5. The first-order valence-corrected chi connectivity index (χ1v) is 10.5. The number of hydrogen-bond donors (Lipinski definition) is 1. The number of hydrogen-bond acceptors (Lipinski definition) is 3. The molecule has 0 aromatic carbocycles. The molecule has 142 valence electrons. The Bertz CT molecular complexity index is 420. The topological polar surface area (TPSA) is 62.1 Å². The number of nitriles is 1. The van der Waals surface area contributed by atoms with Crippen LogP contribution in [0.1, 0.15) is 89.9 Å². The third-order valence-electron chi connectivity index (χ3n) is 5.73. The molecule has 4 heteroatoms. The standard InChI is InChI=1S/C21H36N2O2/c22-18-21(13-14-21)20(24)23-15-9-5-3-1-2-4-6-10-16-25-17-19-11-7-8-12-19/h19H,1-17H2,(H,23,24). The zero-order valence-corrected chi connectivity index (χ0v) is 15.9. The minimum absolute atomic E-state index is 0.0508. The average Bonchev–Trinajstić information content (AvgIpc) is 3.27. The van der Waals surface area contributed by atoms with Gasteiger partial charge in [-0.3, -0.25) is 4.79 Å². The molecule has 4 nitrogen and oxygen atoms in total. The summed E-state index contributed by atoms with van der Waals surface area (Å²) in [4.78, 5) is 11.8. The molecule has 0 aromatic rings. The molecule has 0 unspecified atom stereocenters. The van der Waals surface area contributed by atoms with Gasteiger partial charge in [-0.25, -0.2) is 0 Å². The van der Waals surface area contributed by atoms with Crippen LogP contribution in [0.25, 0.3) is 0 Å².